The zero-order valence-electron chi connectivity index (χ0n) is 11.2. The highest BCUT2D eigenvalue weighted by atomic mass is 79.9. The van der Waals surface area contributed by atoms with Gasteiger partial charge in [-0.25, -0.2) is 0 Å². The van der Waals surface area contributed by atoms with E-state index in [1.165, 1.54) is 0 Å². The maximum atomic E-state index is 12.0. The Morgan fingerprint density at radius 1 is 1.32 bits per heavy atom. The Labute approximate surface area is 123 Å². The average molecular weight is 323 g/mol. The fourth-order valence-electron chi connectivity index (χ4n) is 1.88. The van der Waals surface area contributed by atoms with Gasteiger partial charge in [0.05, 0.1) is 6.07 Å². The van der Waals surface area contributed by atoms with E-state index in [2.05, 4.69) is 33.8 Å². The number of carbonyl (C=O) groups is 1. The van der Waals surface area contributed by atoms with Gasteiger partial charge in [-0.05, 0) is 31.6 Å². The van der Waals surface area contributed by atoms with Gasteiger partial charge in [0.2, 0.25) is 0 Å². The normalized spacial score (nSPS) is 10.4. The van der Waals surface area contributed by atoms with Crippen molar-refractivity contribution in [1.82, 2.24) is 4.90 Å². The van der Waals surface area contributed by atoms with Crippen LogP contribution in [0, 0.1) is 11.3 Å². The number of hydrogen-bond donors (Lipinski definition) is 0. The van der Waals surface area contributed by atoms with Crippen molar-refractivity contribution in [3.63, 3.8) is 0 Å². The van der Waals surface area contributed by atoms with Gasteiger partial charge in [-0.1, -0.05) is 35.0 Å². The fourth-order valence-corrected chi connectivity index (χ4v) is 2.14. The molecule has 0 aliphatic rings. The second-order valence-corrected chi connectivity index (χ2v) is 5.29. The first kappa shape index (κ1) is 15.9. The predicted octanol–water partition coefficient (Wildman–Crippen LogP) is 3.65. The van der Waals surface area contributed by atoms with E-state index in [1.54, 1.807) is 0 Å². The van der Waals surface area contributed by atoms with Crippen LogP contribution in [0.2, 0.25) is 0 Å². The smallest absolute Gasteiger partial charge is 0.162 e. The third-order valence-electron chi connectivity index (χ3n) is 3.03. The summed E-state index contributed by atoms with van der Waals surface area (Å²) >= 11 is 3.36. The lowest BCUT2D eigenvalue weighted by molar-refractivity contribution is 0.0975. The van der Waals surface area contributed by atoms with Crippen LogP contribution in [0.15, 0.2) is 28.7 Å². The van der Waals surface area contributed by atoms with Crippen molar-refractivity contribution >= 4 is 21.7 Å². The highest BCUT2D eigenvalue weighted by Crippen LogP contribution is 2.12. The molecule has 0 heterocycles. The summed E-state index contributed by atoms with van der Waals surface area (Å²) in [5, 5.41) is 8.56. The van der Waals surface area contributed by atoms with Gasteiger partial charge in [0, 0.05) is 29.4 Å². The average Bonchev–Trinajstić information content (AvgIpc) is 2.43. The van der Waals surface area contributed by atoms with E-state index in [9.17, 15) is 4.79 Å². The molecule has 0 fully saturated rings. The van der Waals surface area contributed by atoms with Crippen molar-refractivity contribution in [2.75, 3.05) is 19.6 Å². The van der Waals surface area contributed by atoms with Gasteiger partial charge in [-0.15, -0.1) is 0 Å². The zero-order chi connectivity index (χ0) is 14.1. The topological polar surface area (TPSA) is 44.1 Å². The molecular formula is C15H19BrN2O. The molecular weight excluding hydrogens is 304 g/mol. The molecule has 0 saturated heterocycles. The summed E-state index contributed by atoms with van der Waals surface area (Å²) in [7, 11) is 0. The fraction of sp³-hybridized carbons (Fsp3) is 0.467. The van der Waals surface area contributed by atoms with Crippen LogP contribution in [0.3, 0.4) is 0 Å². The van der Waals surface area contributed by atoms with Gasteiger partial charge >= 0.3 is 0 Å². The number of hydrogen-bond acceptors (Lipinski definition) is 3. The molecule has 102 valence electrons. The third-order valence-corrected chi connectivity index (χ3v) is 3.56. The minimum Gasteiger partial charge on any atom is -0.303 e. The number of nitriles is 1. The molecule has 4 heteroatoms. The maximum absolute atomic E-state index is 12.0. The van der Waals surface area contributed by atoms with Crippen LogP contribution >= 0.6 is 15.9 Å². The van der Waals surface area contributed by atoms with Gasteiger partial charge in [0.1, 0.15) is 0 Å². The lowest BCUT2D eigenvalue weighted by Crippen LogP contribution is -2.25. The summed E-state index contributed by atoms with van der Waals surface area (Å²) in [6.07, 6.45) is 1.95. The largest absolute Gasteiger partial charge is 0.303 e. The van der Waals surface area contributed by atoms with E-state index >= 15 is 0 Å². The Morgan fingerprint density at radius 3 is 2.58 bits per heavy atom. The van der Waals surface area contributed by atoms with Gasteiger partial charge in [-0.2, -0.15) is 5.26 Å². The lowest BCUT2D eigenvalue weighted by Gasteiger charge is -2.18. The van der Waals surface area contributed by atoms with Crippen LogP contribution in [-0.2, 0) is 0 Å². The summed E-state index contributed by atoms with van der Waals surface area (Å²) in [6.45, 7) is 4.67. The van der Waals surface area contributed by atoms with Crippen molar-refractivity contribution < 1.29 is 4.79 Å². The highest BCUT2D eigenvalue weighted by molar-refractivity contribution is 9.10. The second kappa shape index (κ2) is 8.84. The Balaban J connectivity index is 2.34. The molecule has 0 amide bonds. The van der Waals surface area contributed by atoms with Crippen LogP contribution in [0.25, 0.3) is 0 Å². The quantitative estimate of drug-likeness (QED) is 0.686. The summed E-state index contributed by atoms with van der Waals surface area (Å²) in [4.78, 5) is 14.2. The minimum atomic E-state index is 0.184. The van der Waals surface area contributed by atoms with Crippen LogP contribution in [0.1, 0.15) is 36.5 Å². The Kier molecular flexibility index (Phi) is 7.39. The SMILES string of the molecule is CCN(CCC#N)CCCC(=O)c1ccc(Br)cc1. The van der Waals surface area contributed by atoms with Crippen molar-refractivity contribution in [2.45, 2.75) is 26.2 Å². The summed E-state index contributed by atoms with van der Waals surface area (Å²) in [5.74, 6) is 0.184. The zero-order valence-corrected chi connectivity index (χ0v) is 12.8. The molecule has 0 unspecified atom stereocenters. The molecule has 1 aromatic carbocycles. The standard InChI is InChI=1S/C15H19BrN2O/c1-2-18(12-4-10-17)11-3-5-15(19)13-6-8-14(16)9-7-13/h6-9H,2-5,11-12H2,1H3. The molecule has 0 N–H and O–H groups in total. The number of benzene rings is 1. The molecule has 0 radical (unpaired) electrons. The second-order valence-electron chi connectivity index (χ2n) is 4.38. The Bertz CT molecular complexity index is 436. The monoisotopic (exact) mass is 322 g/mol. The molecule has 0 aliphatic heterocycles. The Hall–Kier alpha value is -1.18. The molecule has 3 nitrogen and oxygen atoms in total. The summed E-state index contributed by atoms with van der Waals surface area (Å²) < 4.78 is 0.984. The van der Waals surface area contributed by atoms with Gasteiger partial charge in [0.15, 0.2) is 5.78 Å². The molecule has 0 saturated carbocycles. The first-order valence-electron chi connectivity index (χ1n) is 6.55. The minimum absolute atomic E-state index is 0.184. The molecule has 0 aliphatic carbocycles. The van der Waals surface area contributed by atoms with E-state index in [1.807, 2.05) is 24.3 Å². The molecule has 19 heavy (non-hydrogen) atoms. The first-order valence-corrected chi connectivity index (χ1v) is 7.34. The number of ketones is 1. The molecule has 1 rings (SSSR count). The highest BCUT2D eigenvalue weighted by Gasteiger charge is 2.07. The van der Waals surface area contributed by atoms with E-state index in [0.29, 0.717) is 12.8 Å². The first-order chi connectivity index (χ1) is 9.17. The van der Waals surface area contributed by atoms with Crippen molar-refractivity contribution in [2.24, 2.45) is 0 Å². The molecule has 0 aromatic heterocycles. The summed E-state index contributed by atoms with van der Waals surface area (Å²) in [6, 6.07) is 9.62. The third kappa shape index (κ3) is 6.00. The maximum Gasteiger partial charge on any atom is 0.162 e. The van der Waals surface area contributed by atoms with Crippen molar-refractivity contribution in [1.29, 1.82) is 5.26 Å². The van der Waals surface area contributed by atoms with Gasteiger partial charge in [-0.3, -0.25) is 4.79 Å². The van der Waals surface area contributed by atoms with E-state index < -0.39 is 0 Å². The number of Topliss-reactive ketones (excluding diaryl/α,β-unsaturated/α-hetero) is 1. The van der Waals surface area contributed by atoms with E-state index in [0.717, 1.165) is 36.1 Å². The van der Waals surface area contributed by atoms with Crippen molar-refractivity contribution in [3.05, 3.63) is 34.3 Å². The number of rotatable bonds is 8. The Morgan fingerprint density at radius 2 is 2.00 bits per heavy atom. The molecule has 0 atom stereocenters. The molecule has 1 aromatic rings. The summed E-state index contributed by atoms with van der Waals surface area (Å²) in [5.41, 5.74) is 0.767. The van der Waals surface area contributed by atoms with Gasteiger partial charge in [0.25, 0.3) is 0 Å². The van der Waals surface area contributed by atoms with E-state index in [-0.39, 0.29) is 5.78 Å². The lowest BCUT2D eigenvalue weighted by atomic mass is 10.1. The predicted molar refractivity (Wildman–Crippen MR) is 80.1 cm³/mol. The van der Waals surface area contributed by atoms with Crippen molar-refractivity contribution in [3.8, 4) is 6.07 Å². The van der Waals surface area contributed by atoms with Crippen LogP contribution in [0.4, 0.5) is 0 Å². The number of halogens is 1. The number of carbonyl (C=O) groups excluding carboxylic acids is 1. The van der Waals surface area contributed by atoms with Crippen LogP contribution in [-0.4, -0.2) is 30.3 Å². The van der Waals surface area contributed by atoms with E-state index in [4.69, 9.17) is 5.26 Å². The number of nitrogens with zero attached hydrogens (tertiary/aromatic N) is 2. The molecule has 0 spiro atoms. The van der Waals surface area contributed by atoms with Crippen LogP contribution in [0.5, 0.6) is 0 Å². The van der Waals surface area contributed by atoms with Gasteiger partial charge < -0.3 is 4.90 Å². The molecule has 0 bridgehead atoms. The van der Waals surface area contributed by atoms with Crippen LogP contribution < -0.4 is 0 Å².